The molecule has 138 valence electrons. The summed E-state index contributed by atoms with van der Waals surface area (Å²) in [5.41, 5.74) is 1.36. The van der Waals surface area contributed by atoms with Gasteiger partial charge < -0.3 is 24.9 Å². The number of nitrogens with one attached hydrogen (secondary N) is 2. The average Bonchev–Trinajstić information content (AvgIpc) is 3.33. The molecule has 3 aromatic rings. The van der Waals surface area contributed by atoms with E-state index in [9.17, 15) is 0 Å². The second kappa shape index (κ2) is 7.71. The third kappa shape index (κ3) is 3.35. The Balaban J connectivity index is 1.69. The van der Waals surface area contributed by atoms with E-state index in [1.165, 1.54) is 6.33 Å². The van der Waals surface area contributed by atoms with Crippen LogP contribution in [0.3, 0.4) is 0 Å². The van der Waals surface area contributed by atoms with Gasteiger partial charge in [-0.1, -0.05) is 0 Å². The van der Waals surface area contributed by atoms with Gasteiger partial charge in [0.15, 0.2) is 17.0 Å². The molecule has 1 aliphatic rings. The van der Waals surface area contributed by atoms with Crippen molar-refractivity contribution in [2.75, 3.05) is 30.4 Å². The van der Waals surface area contributed by atoms with E-state index in [-0.39, 0.29) is 12.8 Å². The fraction of sp³-hybridized carbons (Fsp3) is 0.471. The summed E-state index contributed by atoms with van der Waals surface area (Å²) in [5, 5.41) is 15.6. The van der Waals surface area contributed by atoms with Crippen LogP contribution in [0.5, 0.6) is 0 Å². The van der Waals surface area contributed by atoms with Gasteiger partial charge in [0.2, 0.25) is 5.95 Å². The molecule has 4 heterocycles. The number of furan rings is 1. The van der Waals surface area contributed by atoms with Gasteiger partial charge in [-0.05, 0) is 31.4 Å². The van der Waals surface area contributed by atoms with Crippen LogP contribution in [-0.2, 0) is 11.3 Å². The Bertz CT molecular complexity index is 842. The van der Waals surface area contributed by atoms with E-state index in [0.29, 0.717) is 36.0 Å². The summed E-state index contributed by atoms with van der Waals surface area (Å²) in [5.74, 6) is 2.07. The van der Waals surface area contributed by atoms with Crippen LogP contribution < -0.4 is 10.6 Å². The highest BCUT2D eigenvalue weighted by Gasteiger charge is 2.24. The molecule has 0 radical (unpaired) electrons. The number of hydrogen-bond acceptors (Lipinski definition) is 8. The lowest BCUT2D eigenvalue weighted by molar-refractivity contribution is -0.0285. The summed E-state index contributed by atoms with van der Waals surface area (Å²) in [4.78, 5) is 13.4. The Morgan fingerprint density at radius 1 is 1.27 bits per heavy atom. The predicted molar refractivity (Wildman–Crippen MR) is 95.8 cm³/mol. The second-order valence-electron chi connectivity index (χ2n) is 6.10. The van der Waals surface area contributed by atoms with Crippen molar-refractivity contribution in [2.45, 2.75) is 32.0 Å². The molecule has 4 rings (SSSR count). The summed E-state index contributed by atoms with van der Waals surface area (Å²) in [7, 11) is 0. The van der Waals surface area contributed by atoms with E-state index in [1.807, 2.05) is 16.7 Å². The number of fused-ring (bicyclic) bond motifs is 1. The third-order valence-corrected chi connectivity index (χ3v) is 4.33. The van der Waals surface area contributed by atoms with Crippen molar-refractivity contribution < 1.29 is 14.3 Å². The number of ether oxygens (including phenoxy) is 1. The molecule has 0 spiro atoms. The summed E-state index contributed by atoms with van der Waals surface area (Å²) < 4.78 is 13.2. The van der Waals surface area contributed by atoms with Gasteiger partial charge in [0, 0.05) is 13.2 Å². The smallest absolute Gasteiger partial charge is 0.207 e. The lowest BCUT2D eigenvalue weighted by Gasteiger charge is -2.25. The van der Waals surface area contributed by atoms with Crippen LogP contribution in [0.15, 0.2) is 29.1 Å². The molecule has 26 heavy (non-hydrogen) atoms. The van der Waals surface area contributed by atoms with Crippen molar-refractivity contribution >= 4 is 22.9 Å². The van der Waals surface area contributed by atoms with Gasteiger partial charge in [0.25, 0.3) is 0 Å². The lowest BCUT2D eigenvalue weighted by atomic mass is 10.2. The van der Waals surface area contributed by atoms with Gasteiger partial charge in [-0.15, -0.1) is 0 Å². The zero-order valence-corrected chi connectivity index (χ0v) is 14.4. The monoisotopic (exact) mass is 358 g/mol. The molecule has 1 fully saturated rings. The lowest BCUT2D eigenvalue weighted by Crippen LogP contribution is -2.21. The number of aromatic nitrogens is 4. The fourth-order valence-corrected chi connectivity index (χ4v) is 3.11. The average molecular weight is 358 g/mol. The first kappa shape index (κ1) is 16.8. The standard InChI is InChI=1S/C17H22N6O3/c24-7-6-18-17-22-14-15(19-10-12-4-3-9-25-12)20-11-21-16(14)23(17)13-5-1-2-8-26-13/h3-4,9,11,13,24H,1-2,5-8,10H2,(H,18,22)(H,19,20,21). The van der Waals surface area contributed by atoms with E-state index in [0.717, 1.165) is 31.6 Å². The Hall–Kier alpha value is -2.65. The number of imidazole rings is 1. The minimum atomic E-state index is -0.122. The normalized spacial score (nSPS) is 17.5. The molecule has 0 aromatic carbocycles. The van der Waals surface area contributed by atoms with E-state index >= 15 is 0 Å². The Morgan fingerprint density at radius 2 is 2.23 bits per heavy atom. The highest BCUT2D eigenvalue weighted by atomic mass is 16.5. The van der Waals surface area contributed by atoms with E-state index < -0.39 is 0 Å². The first-order valence-electron chi connectivity index (χ1n) is 8.82. The van der Waals surface area contributed by atoms with Crippen molar-refractivity contribution in [3.05, 3.63) is 30.5 Å². The maximum absolute atomic E-state index is 9.17. The molecule has 0 amide bonds. The number of nitrogens with zero attached hydrogens (tertiary/aromatic N) is 4. The summed E-state index contributed by atoms with van der Waals surface area (Å²) in [6.45, 7) is 1.65. The van der Waals surface area contributed by atoms with E-state index in [2.05, 4.69) is 25.6 Å². The zero-order valence-electron chi connectivity index (χ0n) is 14.4. The van der Waals surface area contributed by atoms with Crippen LogP contribution in [-0.4, -0.2) is 44.4 Å². The maximum Gasteiger partial charge on any atom is 0.207 e. The number of anilines is 2. The molecule has 1 saturated heterocycles. The Morgan fingerprint density at radius 3 is 3.00 bits per heavy atom. The zero-order chi connectivity index (χ0) is 17.8. The van der Waals surface area contributed by atoms with Gasteiger partial charge in [0.1, 0.15) is 18.3 Å². The molecule has 1 unspecified atom stereocenters. The number of rotatable bonds is 7. The third-order valence-electron chi connectivity index (χ3n) is 4.33. The predicted octanol–water partition coefficient (Wildman–Crippen LogP) is 2.13. The molecule has 9 heteroatoms. The molecule has 1 aliphatic heterocycles. The van der Waals surface area contributed by atoms with Gasteiger partial charge in [-0.25, -0.2) is 15.0 Å². The topological polar surface area (TPSA) is 110 Å². The second-order valence-corrected chi connectivity index (χ2v) is 6.10. The molecule has 9 nitrogen and oxygen atoms in total. The van der Waals surface area contributed by atoms with Crippen molar-refractivity contribution in [3.8, 4) is 0 Å². The summed E-state index contributed by atoms with van der Waals surface area (Å²) in [6, 6.07) is 3.74. The molecular weight excluding hydrogens is 336 g/mol. The van der Waals surface area contributed by atoms with Crippen molar-refractivity contribution in [3.63, 3.8) is 0 Å². The van der Waals surface area contributed by atoms with Gasteiger partial charge in [0.05, 0.1) is 19.4 Å². The molecule has 3 aromatic heterocycles. The van der Waals surface area contributed by atoms with Crippen molar-refractivity contribution in [2.24, 2.45) is 0 Å². The number of hydrogen-bond donors (Lipinski definition) is 3. The minimum absolute atomic E-state index is 0.0179. The fourth-order valence-electron chi connectivity index (χ4n) is 3.11. The van der Waals surface area contributed by atoms with Gasteiger partial charge in [-0.2, -0.15) is 0 Å². The van der Waals surface area contributed by atoms with Crippen LogP contribution in [0.25, 0.3) is 11.2 Å². The summed E-state index contributed by atoms with van der Waals surface area (Å²) >= 11 is 0. The SMILES string of the molecule is OCCNc1nc2c(NCc3ccco3)ncnc2n1C1CCCCO1. The highest BCUT2D eigenvalue weighted by Crippen LogP contribution is 2.31. The first-order valence-corrected chi connectivity index (χ1v) is 8.82. The number of aliphatic hydroxyl groups excluding tert-OH is 1. The van der Waals surface area contributed by atoms with Gasteiger partial charge in [-0.3, -0.25) is 4.57 Å². The van der Waals surface area contributed by atoms with Crippen LogP contribution in [0.1, 0.15) is 31.3 Å². The van der Waals surface area contributed by atoms with E-state index in [1.54, 1.807) is 6.26 Å². The maximum atomic E-state index is 9.17. The van der Waals surface area contributed by atoms with Gasteiger partial charge >= 0.3 is 0 Å². The molecule has 0 aliphatic carbocycles. The van der Waals surface area contributed by atoms with Crippen LogP contribution >= 0.6 is 0 Å². The summed E-state index contributed by atoms with van der Waals surface area (Å²) in [6.07, 6.45) is 6.09. The van der Waals surface area contributed by atoms with Crippen molar-refractivity contribution in [1.82, 2.24) is 19.5 Å². The van der Waals surface area contributed by atoms with E-state index in [4.69, 9.17) is 14.3 Å². The number of aliphatic hydroxyl groups is 1. The highest BCUT2D eigenvalue weighted by molar-refractivity contribution is 5.85. The minimum Gasteiger partial charge on any atom is -0.467 e. The molecular formula is C17H22N6O3. The molecule has 1 atom stereocenters. The Kier molecular flexibility index (Phi) is 4.98. The van der Waals surface area contributed by atoms with Crippen molar-refractivity contribution in [1.29, 1.82) is 0 Å². The molecule has 3 N–H and O–H groups in total. The Labute approximate surface area is 150 Å². The van der Waals surface area contributed by atoms with Crippen LogP contribution in [0.4, 0.5) is 11.8 Å². The quantitative estimate of drug-likeness (QED) is 0.589. The molecule has 0 saturated carbocycles. The van der Waals surface area contributed by atoms with Crippen LogP contribution in [0.2, 0.25) is 0 Å². The largest absolute Gasteiger partial charge is 0.467 e. The molecule has 0 bridgehead atoms. The van der Waals surface area contributed by atoms with Crippen LogP contribution in [0, 0.1) is 0 Å². The first-order chi connectivity index (χ1) is 12.9.